The number of nitrogens with zero attached hydrogens (tertiary/aromatic N) is 1. The Labute approximate surface area is 153 Å². The molecule has 2 amide bonds. The summed E-state index contributed by atoms with van der Waals surface area (Å²) >= 11 is 1.57. The fourth-order valence-corrected chi connectivity index (χ4v) is 3.44. The SMILES string of the molecule is CC(=O)N(CCNC(=O)Cc1cccs1)c1ccccc1C(C)(C)C. The third kappa shape index (κ3) is 5.43. The van der Waals surface area contributed by atoms with Crippen molar-refractivity contribution in [3.63, 3.8) is 0 Å². The summed E-state index contributed by atoms with van der Waals surface area (Å²) in [6.07, 6.45) is 0.385. The molecule has 134 valence electrons. The zero-order valence-electron chi connectivity index (χ0n) is 15.3. The average molecular weight is 359 g/mol. The lowest BCUT2D eigenvalue weighted by atomic mass is 9.85. The maximum Gasteiger partial charge on any atom is 0.225 e. The van der Waals surface area contributed by atoms with Gasteiger partial charge in [0.1, 0.15) is 0 Å². The lowest BCUT2D eigenvalue weighted by Crippen LogP contribution is -2.39. The maximum atomic E-state index is 12.2. The third-order valence-corrected chi connectivity index (χ3v) is 4.83. The molecule has 0 fully saturated rings. The lowest BCUT2D eigenvalue weighted by Gasteiger charge is -2.29. The Morgan fingerprint density at radius 2 is 1.84 bits per heavy atom. The summed E-state index contributed by atoms with van der Waals surface area (Å²) in [4.78, 5) is 27.0. The van der Waals surface area contributed by atoms with E-state index >= 15 is 0 Å². The van der Waals surface area contributed by atoms with E-state index in [2.05, 4.69) is 32.2 Å². The van der Waals surface area contributed by atoms with Crippen molar-refractivity contribution in [2.45, 2.75) is 39.5 Å². The fraction of sp³-hybridized carbons (Fsp3) is 0.400. The number of hydrogen-bond acceptors (Lipinski definition) is 3. The van der Waals surface area contributed by atoms with E-state index in [0.29, 0.717) is 19.5 Å². The minimum atomic E-state index is -0.0628. The molecule has 0 unspecified atom stereocenters. The summed E-state index contributed by atoms with van der Waals surface area (Å²) in [7, 11) is 0. The monoisotopic (exact) mass is 358 g/mol. The molecule has 0 saturated carbocycles. The van der Waals surface area contributed by atoms with Crippen LogP contribution in [0.25, 0.3) is 0 Å². The minimum Gasteiger partial charge on any atom is -0.354 e. The fourth-order valence-electron chi connectivity index (χ4n) is 2.73. The van der Waals surface area contributed by atoms with E-state index in [4.69, 9.17) is 0 Å². The molecule has 1 aromatic carbocycles. The summed E-state index contributed by atoms with van der Waals surface area (Å²) in [5.41, 5.74) is 1.97. The molecule has 0 bridgehead atoms. The highest BCUT2D eigenvalue weighted by Gasteiger charge is 2.22. The van der Waals surface area contributed by atoms with Crippen molar-refractivity contribution >= 4 is 28.8 Å². The Bertz CT molecular complexity index is 718. The van der Waals surface area contributed by atoms with E-state index in [1.54, 1.807) is 23.2 Å². The number of carbonyl (C=O) groups excluding carboxylic acids is 2. The molecule has 2 rings (SSSR count). The molecular weight excluding hydrogens is 332 g/mol. The minimum absolute atomic E-state index is 0.0185. The first-order chi connectivity index (χ1) is 11.8. The predicted octanol–water partition coefficient (Wildman–Crippen LogP) is 3.76. The summed E-state index contributed by atoms with van der Waals surface area (Å²) in [6, 6.07) is 11.8. The van der Waals surface area contributed by atoms with Crippen molar-refractivity contribution < 1.29 is 9.59 Å². The second kappa shape index (κ2) is 8.30. The van der Waals surface area contributed by atoms with Crippen molar-refractivity contribution in [2.75, 3.05) is 18.0 Å². The second-order valence-corrected chi connectivity index (χ2v) is 8.08. The summed E-state index contributed by atoms with van der Waals surface area (Å²) in [6.45, 7) is 8.85. The first kappa shape index (κ1) is 19.2. The zero-order chi connectivity index (χ0) is 18.4. The molecular formula is C20H26N2O2S. The van der Waals surface area contributed by atoms with Gasteiger partial charge in [-0.05, 0) is 28.5 Å². The molecule has 0 saturated heterocycles. The van der Waals surface area contributed by atoms with Gasteiger partial charge in [-0.25, -0.2) is 0 Å². The van der Waals surface area contributed by atoms with Crippen molar-refractivity contribution in [3.05, 3.63) is 52.2 Å². The van der Waals surface area contributed by atoms with Gasteiger partial charge in [-0.1, -0.05) is 45.0 Å². The van der Waals surface area contributed by atoms with Gasteiger partial charge in [0.25, 0.3) is 0 Å². The molecule has 1 heterocycles. The number of nitrogens with one attached hydrogen (secondary N) is 1. The van der Waals surface area contributed by atoms with Crippen molar-refractivity contribution in [1.29, 1.82) is 0 Å². The average Bonchev–Trinajstić information content (AvgIpc) is 3.03. The van der Waals surface area contributed by atoms with Crippen LogP contribution in [-0.4, -0.2) is 24.9 Å². The van der Waals surface area contributed by atoms with Crippen molar-refractivity contribution in [3.8, 4) is 0 Å². The molecule has 4 nitrogen and oxygen atoms in total. The summed E-state index contributed by atoms with van der Waals surface area (Å²) < 4.78 is 0. The van der Waals surface area contributed by atoms with Gasteiger partial charge in [-0.2, -0.15) is 0 Å². The molecule has 1 aromatic heterocycles. The van der Waals surface area contributed by atoms with Gasteiger partial charge in [0.05, 0.1) is 6.42 Å². The van der Waals surface area contributed by atoms with E-state index in [-0.39, 0.29) is 17.2 Å². The van der Waals surface area contributed by atoms with Gasteiger partial charge >= 0.3 is 0 Å². The molecule has 2 aromatic rings. The van der Waals surface area contributed by atoms with Crippen LogP contribution in [0, 0.1) is 0 Å². The van der Waals surface area contributed by atoms with Crippen LogP contribution < -0.4 is 10.2 Å². The van der Waals surface area contributed by atoms with Crippen molar-refractivity contribution in [2.24, 2.45) is 0 Å². The Morgan fingerprint density at radius 3 is 2.44 bits per heavy atom. The molecule has 1 N–H and O–H groups in total. The van der Waals surface area contributed by atoms with E-state index < -0.39 is 0 Å². The molecule has 0 aliphatic rings. The normalized spacial score (nSPS) is 11.2. The predicted molar refractivity (Wildman–Crippen MR) is 104 cm³/mol. The third-order valence-electron chi connectivity index (χ3n) is 3.96. The van der Waals surface area contributed by atoms with Gasteiger partial charge in [0.15, 0.2) is 0 Å². The number of para-hydroxylation sites is 1. The molecule has 0 spiro atoms. The van der Waals surface area contributed by atoms with Crippen LogP contribution in [0.4, 0.5) is 5.69 Å². The first-order valence-electron chi connectivity index (χ1n) is 8.45. The number of anilines is 1. The van der Waals surface area contributed by atoms with Crippen LogP contribution in [0.15, 0.2) is 41.8 Å². The largest absolute Gasteiger partial charge is 0.354 e. The van der Waals surface area contributed by atoms with Crippen molar-refractivity contribution in [1.82, 2.24) is 5.32 Å². The first-order valence-corrected chi connectivity index (χ1v) is 9.33. The van der Waals surface area contributed by atoms with Gasteiger partial charge in [0, 0.05) is 30.6 Å². The van der Waals surface area contributed by atoms with Crippen LogP contribution in [0.5, 0.6) is 0 Å². The van der Waals surface area contributed by atoms with Gasteiger partial charge in [0.2, 0.25) is 11.8 Å². The van der Waals surface area contributed by atoms with E-state index in [0.717, 1.165) is 16.1 Å². The van der Waals surface area contributed by atoms with Gasteiger partial charge in [-0.3, -0.25) is 9.59 Å². The standard InChI is InChI=1S/C20H26N2O2S/c1-15(23)22(18-10-6-5-9-17(18)20(2,3)4)12-11-21-19(24)14-16-8-7-13-25-16/h5-10,13H,11-12,14H2,1-4H3,(H,21,24). The quantitative estimate of drug-likeness (QED) is 0.855. The van der Waals surface area contributed by atoms with E-state index in [1.807, 2.05) is 35.7 Å². The number of thiophene rings is 1. The zero-order valence-corrected chi connectivity index (χ0v) is 16.2. The number of carbonyl (C=O) groups is 2. The second-order valence-electron chi connectivity index (χ2n) is 7.04. The molecule has 0 atom stereocenters. The number of amides is 2. The van der Waals surface area contributed by atoms with Crippen LogP contribution in [0.2, 0.25) is 0 Å². The van der Waals surface area contributed by atoms with Gasteiger partial charge in [-0.15, -0.1) is 11.3 Å². The highest BCUT2D eigenvalue weighted by molar-refractivity contribution is 7.10. The summed E-state index contributed by atoms with van der Waals surface area (Å²) in [5, 5.41) is 4.87. The Balaban J connectivity index is 2.02. The highest BCUT2D eigenvalue weighted by Crippen LogP contribution is 2.31. The molecule has 0 radical (unpaired) electrons. The van der Waals surface area contributed by atoms with Crippen LogP contribution in [0.3, 0.4) is 0 Å². The molecule has 25 heavy (non-hydrogen) atoms. The Hall–Kier alpha value is -2.14. The van der Waals surface area contributed by atoms with E-state index in [9.17, 15) is 9.59 Å². The molecule has 5 heteroatoms. The Kier molecular flexibility index (Phi) is 6.37. The van der Waals surface area contributed by atoms with Gasteiger partial charge < -0.3 is 10.2 Å². The molecule has 0 aliphatic carbocycles. The number of rotatable bonds is 6. The summed E-state index contributed by atoms with van der Waals surface area (Å²) in [5.74, 6) is -0.0423. The van der Waals surface area contributed by atoms with Crippen LogP contribution in [-0.2, 0) is 21.4 Å². The number of benzene rings is 1. The Morgan fingerprint density at radius 1 is 1.12 bits per heavy atom. The smallest absolute Gasteiger partial charge is 0.225 e. The topological polar surface area (TPSA) is 49.4 Å². The lowest BCUT2D eigenvalue weighted by molar-refractivity contribution is -0.120. The van der Waals surface area contributed by atoms with Crippen LogP contribution in [0.1, 0.15) is 38.1 Å². The number of hydrogen-bond donors (Lipinski definition) is 1. The van der Waals surface area contributed by atoms with E-state index in [1.165, 1.54) is 0 Å². The molecule has 0 aliphatic heterocycles. The van der Waals surface area contributed by atoms with Crippen LogP contribution >= 0.6 is 11.3 Å². The maximum absolute atomic E-state index is 12.2. The highest BCUT2D eigenvalue weighted by atomic mass is 32.1.